The number of aromatic nitrogens is 1. The van der Waals surface area contributed by atoms with Crippen LogP contribution >= 0.6 is 0 Å². The van der Waals surface area contributed by atoms with Crippen LogP contribution in [0.1, 0.15) is 42.3 Å². The fourth-order valence-corrected chi connectivity index (χ4v) is 3.63. The summed E-state index contributed by atoms with van der Waals surface area (Å²) in [5.74, 6) is 0.971. The van der Waals surface area contributed by atoms with Gasteiger partial charge >= 0.3 is 0 Å². The van der Waals surface area contributed by atoms with E-state index in [1.165, 1.54) is 4.90 Å². The number of nitrogens with zero attached hydrogens (tertiary/aromatic N) is 1. The number of aliphatic hydroxyl groups excluding tert-OH is 1. The molecule has 0 radical (unpaired) electrons. The highest BCUT2D eigenvalue weighted by Gasteiger charge is 2.20. The van der Waals surface area contributed by atoms with Gasteiger partial charge < -0.3 is 24.5 Å². The van der Waals surface area contributed by atoms with Crippen molar-refractivity contribution >= 4 is 16.8 Å². The van der Waals surface area contributed by atoms with Gasteiger partial charge in [-0.3, -0.25) is 9.59 Å². The van der Waals surface area contributed by atoms with Gasteiger partial charge in [0.2, 0.25) is 6.79 Å². The van der Waals surface area contributed by atoms with Gasteiger partial charge in [-0.2, -0.15) is 0 Å². The van der Waals surface area contributed by atoms with Crippen molar-refractivity contribution in [3.63, 3.8) is 0 Å². The number of carbonyl (C=O) groups is 1. The molecule has 0 aliphatic carbocycles. The molecule has 1 aliphatic heterocycles. The average Bonchev–Trinajstić information content (AvgIpc) is 3.18. The summed E-state index contributed by atoms with van der Waals surface area (Å²) >= 11 is 0. The summed E-state index contributed by atoms with van der Waals surface area (Å²) in [7, 11) is 0. The summed E-state index contributed by atoms with van der Waals surface area (Å²) in [6, 6.07) is 12.7. The molecule has 31 heavy (non-hydrogen) atoms. The lowest BCUT2D eigenvalue weighted by atomic mass is 9.86. The molecule has 1 aliphatic rings. The summed E-state index contributed by atoms with van der Waals surface area (Å²) in [5, 5.41) is 10.3. The van der Waals surface area contributed by atoms with Crippen molar-refractivity contribution in [3.05, 3.63) is 69.5 Å². The van der Waals surface area contributed by atoms with E-state index >= 15 is 0 Å². The minimum atomic E-state index is -0.287. The summed E-state index contributed by atoms with van der Waals surface area (Å²) in [6.45, 7) is 6.49. The molecule has 0 saturated heterocycles. The highest BCUT2D eigenvalue weighted by Crippen LogP contribution is 2.35. The highest BCUT2D eigenvalue weighted by atomic mass is 16.7. The van der Waals surface area contributed by atoms with Crippen molar-refractivity contribution in [2.45, 2.75) is 32.7 Å². The molecule has 0 fully saturated rings. The molecule has 2 heterocycles. The molecule has 7 heteroatoms. The van der Waals surface area contributed by atoms with Crippen molar-refractivity contribution < 1.29 is 19.4 Å². The van der Waals surface area contributed by atoms with E-state index < -0.39 is 0 Å². The Morgan fingerprint density at radius 1 is 1.10 bits per heavy atom. The molecule has 2 N–H and O–H groups in total. The molecule has 2 aromatic carbocycles. The number of hydrogen-bond donors (Lipinski definition) is 2. The van der Waals surface area contributed by atoms with Crippen LogP contribution in [0.25, 0.3) is 10.9 Å². The SMILES string of the molecule is CC(C)(C)c1ccc(C(=O)N(CCO)Cc2cc3cc4c(cc3[nH]c2=O)OCO4)cc1. The van der Waals surface area contributed by atoms with Gasteiger partial charge in [0.15, 0.2) is 11.5 Å². The van der Waals surface area contributed by atoms with Gasteiger partial charge in [-0.15, -0.1) is 0 Å². The smallest absolute Gasteiger partial charge is 0.254 e. The van der Waals surface area contributed by atoms with Gasteiger partial charge in [-0.25, -0.2) is 0 Å². The second-order valence-electron chi connectivity index (χ2n) is 8.69. The van der Waals surface area contributed by atoms with Crippen molar-refractivity contribution in [3.8, 4) is 11.5 Å². The molecule has 162 valence electrons. The minimum absolute atomic E-state index is 0.0142. The Hall–Kier alpha value is -3.32. The predicted molar refractivity (Wildman–Crippen MR) is 118 cm³/mol. The molecular formula is C24H26N2O5. The van der Waals surface area contributed by atoms with E-state index in [4.69, 9.17) is 9.47 Å². The standard InChI is InChI=1S/C24H26N2O5/c1-24(2,3)18-6-4-15(5-7-18)23(29)26(8-9-27)13-17-10-16-11-20-21(31-14-30-20)12-19(16)25-22(17)28/h4-7,10-12,27H,8-9,13-14H2,1-3H3,(H,25,28). The largest absolute Gasteiger partial charge is 0.454 e. The van der Waals surface area contributed by atoms with Crippen molar-refractivity contribution in [1.29, 1.82) is 0 Å². The zero-order valence-electron chi connectivity index (χ0n) is 17.9. The molecule has 0 bridgehead atoms. The van der Waals surface area contributed by atoms with E-state index in [0.29, 0.717) is 28.1 Å². The normalized spacial score (nSPS) is 12.9. The first-order valence-corrected chi connectivity index (χ1v) is 10.2. The van der Waals surface area contributed by atoms with E-state index in [9.17, 15) is 14.7 Å². The zero-order valence-corrected chi connectivity index (χ0v) is 17.9. The first-order valence-electron chi connectivity index (χ1n) is 10.2. The summed E-state index contributed by atoms with van der Waals surface area (Å²) < 4.78 is 10.8. The monoisotopic (exact) mass is 422 g/mol. The van der Waals surface area contributed by atoms with Gasteiger partial charge in [0.05, 0.1) is 18.7 Å². The molecular weight excluding hydrogens is 396 g/mol. The van der Waals surface area contributed by atoms with Crippen molar-refractivity contribution in [2.75, 3.05) is 19.9 Å². The maximum Gasteiger partial charge on any atom is 0.254 e. The summed E-state index contributed by atoms with van der Waals surface area (Å²) in [5.41, 5.74) is 2.41. The Morgan fingerprint density at radius 2 is 1.77 bits per heavy atom. The molecule has 0 unspecified atom stereocenters. The number of aromatic amines is 1. The molecule has 7 nitrogen and oxygen atoms in total. The van der Waals surface area contributed by atoms with Gasteiger partial charge in [0.1, 0.15) is 0 Å². The molecule has 4 rings (SSSR count). The number of fused-ring (bicyclic) bond motifs is 2. The lowest BCUT2D eigenvalue weighted by Gasteiger charge is -2.23. The molecule has 3 aromatic rings. The van der Waals surface area contributed by atoms with Crippen molar-refractivity contribution in [1.82, 2.24) is 9.88 Å². The topological polar surface area (TPSA) is 91.9 Å². The van der Waals surface area contributed by atoms with E-state index in [1.807, 2.05) is 12.1 Å². The number of ether oxygens (including phenoxy) is 2. The van der Waals surface area contributed by atoms with E-state index in [-0.39, 0.29) is 43.4 Å². The quantitative estimate of drug-likeness (QED) is 0.659. The number of carbonyl (C=O) groups excluding carboxylic acids is 1. The number of H-pyrrole nitrogens is 1. The Balaban J connectivity index is 1.62. The lowest BCUT2D eigenvalue weighted by molar-refractivity contribution is 0.0707. The van der Waals surface area contributed by atoms with E-state index in [1.54, 1.807) is 30.3 Å². The molecule has 0 atom stereocenters. The average molecular weight is 422 g/mol. The number of rotatable bonds is 5. The summed E-state index contributed by atoms with van der Waals surface area (Å²) in [6.07, 6.45) is 0. The third-order valence-electron chi connectivity index (χ3n) is 5.43. The van der Waals surface area contributed by atoms with Gasteiger partial charge in [0, 0.05) is 29.1 Å². The van der Waals surface area contributed by atoms with Gasteiger partial charge in [-0.05, 0) is 35.2 Å². The number of aliphatic hydroxyl groups is 1. The molecule has 1 aromatic heterocycles. The predicted octanol–water partition coefficient (Wildman–Crippen LogP) is 3.19. The van der Waals surface area contributed by atoms with Crippen LogP contribution in [0.2, 0.25) is 0 Å². The summed E-state index contributed by atoms with van der Waals surface area (Å²) in [4.78, 5) is 30.1. The third-order valence-corrected chi connectivity index (χ3v) is 5.43. The van der Waals surface area contributed by atoms with Crippen LogP contribution in [-0.2, 0) is 12.0 Å². The number of nitrogens with one attached hydrogen (secondary N) is 1. The molecule has 0 saturated carbocycles. The fraction of sp³-hybridized carbons (Fsp3) is 0.333. The second-order valence-corrected chi connectivity index (χ2v) is 8.69. The third kappa shape index (κ3) is 4.27. The minimum Gasteiger partial charge on any atom is -0.454 e. The Kier molecular flexibility index (Phi) is 5.45. The Bertz CT molecular complexity index is 1180. The maximum absolute atomic E-state index is 13.1. The highest BCUT2D eigenvalue weighted by molar-refractivity contribution is 5.94. The van der Waals surface area contributed by atoms with Crippen LogP contribution in [0, 0.1) is 0 Å². The second kappa shape index (κ2) is 8.07. The lowest BCUT2D eigenvalue weighted by Crippen LogP contribution is -2.35. The Labute approximate surface area is 180 Å². The number of benzene rings is 2. The molecule has 1 amide bonds. The van der Waals surface area contributed by atoms with Gasteiger partial charge in [0.25, 0.3) is 11.5 Å². The van der Waals surface area contributed by atoms with E-state index in [2.05, 4.69) is 25.8 Å². The first kappa shape index (κ1) is 20.9. The number of hydrogen-bond acceptors (Lipinski definition) is 5. The van der Waals surface area contributed by atoms with Crippen LogP contribution < -0.4 is 15.0 Å². The fourth-order valence-electron chi connectivity index (χ4n) is 3.63. The zero-order chi connectivity index (χ0) is 22.2. The first-order chi connectivity index (χ1) is 14.8. The molecule has 0 spiro atoms. The van der Waals surface area contributed by atoms with Crippen LogP contribution in [-0.4, -0.2) is 40.8 Å². The van der Waals surface area contributed by atoms with Crippen LogP contribution in [0.5, 0.6) is 11.5 Å². The van der Waals surface area contributed by atoms with Crippen LogP contribution in [0.4, 0.5) is 0 Å². The van der Waals surface area contributed by atoms with Crippen molar-refractivity contribution in [2.24, 2.45) is 0 Å². The number of amides is 1. The van der Waals surface area contributed by atoms with Gasteiger partial charge in [-0.1, -0.05) is 32.9 Å². The number of pyridine rings is 1. The maximum atomic E-state index is 13.1. The van der Waals surface area contributed by atoms with Crippen LogP contribution in [0.15, 0.2) is 47.3 Å². The Morgan fingerprint density at radius 3 is 2.42 bits per heavy atom. The van der Waals surface area contributed by atoms with Crippen LogP contribution in [0.3, 0.4) is 0 Å². The van der Waals surface area contributed by atoms with E-state index in [0.717, 1.165) is 10.9 Å².